The molecule has 0 fully saturated rings. The molecule has 0 saturated carbocycles. The molecule has 0 unspecified atom stereocenters. The maximum atomic E-state index is 10.6. The Morgan fingerprint density at radius 3 is 1.69 bits per heavy atom. The third-order valence-corrected chi connectivity index (χ3v) is 0.798. The summed E-state index contributed by atoms with van der Waals surface area (Å²) in [7, 11) is 0. The van der Waals surface area contributed by atoms with Gasteiger partial charge in [0.1, 0.15) is 13.2 Å². The SMILES string of the molecule is CCO/N=[N+](/[O-])C/[N+]([O-])=N\OCC. The topological polar surface area (TPSA) is 95.3 Å². The van der Waals surface area contributed by atoms with Gasteiger partial charge in [-0.1, -0.05) is 0 Å². The van der Waals surface area contributed by atoms with E-state index in [4.69, 9.17) is 0 Å². The van der Waals surface area contributed by atoms with E-state index in [9.17, 15) is 10.4 Å². The average Bonchev–Trinajstić information content (AvgIpc) is 2.11. The van der Waals surface area contributed by atoms with Gasteiger partial charge in [0, 0.05) is 9.72 Å². The van der Waals surface area contributed by atoms with Crippen LogP contribution >= 0.6 is 0 Å². The van der Waals surface area contributed by atoms with Crippen molar-refractivity contribution >= 4 is 0 Å². The van der Waals surface area contributed by atoms with Crippen molar-refractivity contribution in [2.24, 2.45) is 10.6 Å². The summed E-state index contributed by atoms with van der Waals surface area (Å²) >= 11 is 0. The minimum absolute atomic E-state index is 0.0685. The van der Waals surface area contributed by atoms with Crippen LogP contribution < -0.4 is 0 Å². The molecule has 0 saturated heterocycles. The molecule has 0 aliphatic rings. The Kier molecular flexibility index (Phi) is 6.20. The molecule has 13 heavy (non-hydrogen) atoms. The summed E-state index contributed by atoms with van der Waals surface area (Å²) in [5.41, 5.74) is 0. The van der Waals surface area contributed by atoms with Crippen molar-refractivity contribution in [3.8, 4) is 0 Å². The molecule has 0 heterocycles. The summed E-state index contributed by atoms with van der Waals surface area (Å²) in [6.45, 7) is 3.27. The van der Waals surface area contributed by atoms with E-state index in [2.05, 4.69) is 20.2 Å². The van der Waals surface area contributed by atoms with Crippen LogP contribution in [0.15, 0.2) is 10.6 Å². The van der Waals surface area contributed by atoms with Crippen LogP contribution in [0.4, 0.5) is 0 Å². The molecule has 0 radical (unpaired) electrons. The van der Waals surface area contributed by atoms with Crippen molar-refractivity contribution < 1.29 is 19.4 Å². The van der Waals surface area contributed by atoms with Gasteiger partial charge in [-0.3, -0.25) is 0 Å². The predicted octanol–water partition coefficient (Wildman–Crippen LogP) is 0.772. The van der Waals surface area contributed by atoms with E-state index in [1.807, 2.05) is 0 Å². The minimum Gasteiger partial charge on any atom is -0.592 e. The molecule has 0 amide bonds. The highest BCUT2D eigenvalue weighted by molar-refractivity contribution is 4.02. The molecule has 0 rings (SSSR count). The zero-order chi connectivity index (χ0) is 10.1. The van der Waals surface area contributed by atoms with Crippen molar-refractivity contribution in [3.05, 3.63) is 10.4 Å². The van der Waals surface area contributed by atoms with Gasteiger partial charge in [-0.05, 0) is 13.8 Å². The van der Waals surface area contributed by atoms with Gasteiger partial charge in [0.2, 0.25) is 10.6 Å². The van der Waals surface area contributed by atoms with Crippen LogP contribution in [0.2, 0.25) is 0 Å². The van der Waals surface area contributed by atoms with Crippen molar-refractivity contribution in [1.29, 1.82) is 0 Å². The molecule has 0 aliphatic heterocycles. The Morgan fingerprint density at radius 2 is 1.38 bits per heavy atom. The van der Waals surface area contributed by atoms with E-state index in [-0.39, 0.29) is 22.9 Å². The van der Waals surface area contributed by atoms with Crippen LogP contribution in [-0.4, -0.2) is 29.6 Å². The Bertz CT molecular complexity index is 173. The lowest BCUT2D eigenvalue weighted by molar-refractivity contribution is -0.750. The number of hydrogen-bond donors (Lipinski definition) is 0. The number of rotatable bonds is 6. The first-order valence-corrected chi connectivity index (χ1v) is 3.75. The second-order valence-corrected chi connectivity index (χ2v) is 1.84. The Hall–Kier alpha value is -1.60. The van der Waals surface area contributed by atoms with Gasteiger partial charge < -0.3 is 20.1 Å². The van der Waals surface area contributed by atoms with Crippen LogP contribution in [0.3, 0.4) is 0 Å². The van der Waals surface area contributed by atoms with Crippen LogP contribution in [-0.2, 0) is 9.68 Å². The lowest BCUT2D eigenvalue weighted by Crippen LogP contribution is -2.14. The van der Waals surface area contributed by atoms with E-state index in [0.717, 1.165) is 0 Å². The average molecular weight is 192 g/mol. The van der Waals surface area contributed by atoms with E-state index in [0.29, 0.717) is 0 Å². The molecule has 0 spiro atoms. The molecular formula is C5H12N4O4. The van der Waals surface area contributed by atoms with Crippen LogP contribution in [0.1, 0.15) is 13.8 Å². The third-order valence-electron chi connectivity index (χ3n) is 0.798. The molecule has 8 heteroatoms. The Balaban J connectivity index is 3.82. The standard InChI is InChI=1S/C5H12N4O4/c1-3-12-6-8(10)5-9(11)7-13-4-2/h3-5H2,1-2H3/b8-6+,9-7+. The number of hydrogen-bond acceptors (Lipinski definition) is 6. The fourth-order valence-corrected chi connectivity index (χ4v) is 0.399. The van der Waals surface area contributed by atoms with E-state index < -0.39 is 6.67 Å². The number of hydroxylamine groups is 2. The van der Waals surface area contributed by atoms with Gasteiger partial charge in [0.25, 0.3) is 0 Å². The molecule has 8 nitrogen and oxygen atoms in total. The molecule has 0 aromatic heterocycles. The van der Waals surface area contributed by atoms with Crippen LogP contribution in [0, 0.1) is 10.4 Å². The lowest BCUT2D eigenvalue weighted by Gasteiger charge is -1.97. The van der Waals surface area contributed by atoms with Crippen LogP contribution in [0.25, 0.3) is 0 Å². The first-order valence-electron chi connectivity index (χ1n) is 3.75. The minimum atomic E-state index is -0.583. The lowest BCUT2D eigenvalue weighted by atomic mass is 10.9. The molecule has 0 aliphatic carbocycles. The van der Waals surface area contributed by atoms with Gasteiger partial charge >= 0.3 is 6.67 Å². The monoisotopic (exact) mass is 192 g/mol. The quantitative estimate of drug-likeness (QED) is 0.269. The molecule has 0 aromatic carbocycles. The zero-order valence-electron chi connectivity index (χ0n) is 7.54. The second kappa shape index (κ2) is 7.07. The fourth-order valence-electron chi connectivity index (χ4n) is 0.399. The maximum Gasteiger partial charge on any atom is 0.408 e. The summed E-state index contributed by atoms with van der Waals surface area (Å²) in [5.74, 6) is 0. The normalized spacial score (nSPS) is 12.8. The molecule has 76 valence electrons. The van der Waals surface area contributed by atoms with Crippen molar-refractivity contribution in [1.82, 2.24) is 0 Å². The smallest absolute Gasteiger partial charge is 0.408 e. The van der Waals surface area contributed by atoms with Gasteiger partial charge in [-0.15, -0.1) is 0 Å². The molecule has 0 N–H and O–H groups in total. The molecule has 0 aromatic rings. The highest BCUT2D eigenvalue weighted by Crippen LogP contribution is 1.83. The van der Waals surface area contributed by atoms with Crippen molar-refractivity contribution in [2.75, 3.05) is 19.9 Å². The van der Waals surface area contributed by atoms with Gasteiger partial charge in [-0.2, -0.15) is 0 Å². The first-order chi connectivity index (χ1) is 6.20. The summed E-state index contributed by atoms with van der Waals surface area (Å²) in [4.78, 5) is 8.92. The summed E-state index contributed by atoms with van der Waals surface area (Å²) < 4.78 is 0. The molecular weight excluding hydrogens is 180 g/mol. The highest BCUT2D eigenvalue weighted by atomic mass is 16.7. The molecule has 0 atom stereocenters. The Morgan fingerprint density at radius 1 is 1.00 bits per heavy atom. The largest absolute Gasteiger partial charge is 0.592 e. The van der Waals surface area contributed by atoms with E-state index >= 15 is 0 Å². The fraction of sp³-hybridized carbons (Fsp3) is 1.00. The number of nitrogens with zero attached hydrogens (tertiary/aromatic N) is 4. The summed E-state index contributed by atoms with van der Waals surface area (Å²) in [5, 5.41) is 27.3. The van der Waals surface area contributed by atoms with Crippen LogP contribution in [0.5, 0.6) is 0 Å². The first kappa shape index (κ1) is 11.4. The highest BCUT2D eigenvalue weighted by Gasteiger charge is 2.04. The third kappa shape index (κ3) is 6.78. The predicted molar refractivity (Wildman–Crippen MR) is 40.2 cm³/mol. The Labute approximate surface area is 75.1 Å². The zero-order valence-corrected chi connectivity index (χ0v) is 7.54. The van der Waals surface area contributed by atoms with E-state index in [1.165, 1.54) is 0 Å². The van der Waals surface area contributed by atoms with Crippen molar-refractivity contribution in [2.45, 2.75) is 13.8 Å². The summed E-state index contributed by atoms with van der Waals surface area (Å²) in [6.07, 6.45) is 0. The van der Waals surface area contributed by atoms with E-state index in [1.54, 1.807) is 13.8 Å². The second-order valence-electron chi connectivity index (χ2n) is 1.84. The summed E-state index contributed by atoms with van der Waals surface area (Å²) in [6, 6.07) is 0. The van der Waals surface area contributed by atoms with Gasteiger partial charge in [-0.25, -0.2) is 0 Å². The van der Waals surface area contributed by atoms with Crippen molar-refractivity contribution in [3.63, 3.8) is 0 Å². The van der Waals surface area contributed by atoms with Gasteiger partial charge in [0.05, 0.1) is 0 Å². The van der Waals surface area contributed by atoms with Gasteiger partial charge in [0.15, 0.2) is 0 Å². The molecule has 0 bridgehead atoms. The maximum absolute atomic E-state index is 10.6.